The van der Waals surface area contributed by atoms with E-state index in [1.165, 1.54) is 25.1 Å². The lowest BCUT2D eigenvalue weighted by atomic mass is 9.79. The molecule has 37 heavy (non-hydrogen) atoms. The molecule has 2 aromatic carbocycles. The first-order valence-electron chi connectivity index (χ1n) is 12.2. The molecule has 10 nitrogen and oxygen atoms in total. The van der Waals surface area contributed by atoms with Gasteiger partial charge in [-0.1, -0.05) is 36.4 Å². The maximum absolute atomic E-state index is 13.8. The maximum Gasteiger partial charge on any atom is 0.315 e. The zero-order valence-electron chi connectivity index (χ0n) is 21.8. The number of benzene rings is 2. The largest absolute Gasteiger partial charge is 0.469 e. The van der Waals surface area contributed by atoms with E-state index in [1.807, 2.05) is 30.3 Å². The molecular weight excluding hydrogens is 476 g/mol. The number of ether oxygens (including phenoxy) is 1. The Morgan fingerprint density at radius 1 is 1.08 bits per heavy atom. The van der Waals surface area contributed by atoms with E-state index < -0.39 is 28.6 Å². The number of nitro groups is 1. The number of anilines is 1. The molecule has 1 aliphatic heterocycles. The number of carbonyl (C=O) groups excluding carboxylic acids is 3. The van der Waals surface area contributed by atoms with Crippen LogP contribution in [0.15, 0.2) is 48.5 Å². The van der Waals surface area contributed by atoms with Gasteiger partial charge in [-0.15, -0.1) is 0 Å². The van der Waals surface area contributed by atoms with Crippen LogP contribution < -0.4 is 4.90 Å². The topological polar surface area (TPSA) is 113 Å². The first-order chi connectivity index (χ1) is 17.6. The summed E-state index contributed by atoms with van der Waals surface area (Å²) >= 11 is 0. The number of likely N-dealkylation sites (N-methyl/N-ethyl adjacent to an activating group) is 1. The van der Waals surface area contributed by atoms with Crippen LogP contribution in [0.3, 0.4) is 0 Å². The van der Waals surface area contributed by atoms with Crippen molar-refractivity contribution in [1.29, 1.82) is 0 Å². The average Bonchev–Trinajstić information content (AvgIpc) is 3.43. The van der Waals surface area contributed by atoms with Gasteiger partial charge in [0.05, 0.1) is 17.4 Å². The zero-order chi connectivity index (χ0) is 27.2. The molecule has 1 heterocycles. The van der Waals surface area contributed by atoms with E-state index in [1.54, 1.807) is 35.9 Å². The summed E-state index contributed by atoms with van der Waals surface area (Å²) in [5.41, 5.74) is 0.476. The number of likely N-dealkylation sites (tertiary alicyclic amines) is 1. The van der Waals surface area contributed by atoms with Gasteiger partial charge >= 0.3 is 5.97 Å². The third-order valence-electron chi connectivity index (χ3n) is 6.85. The average molecular weight is 511 g/mol. The summed E-state index contributed by atoms with van der Waals surface area (Å²) < 4.78 is 4.59. The second kappa shape index (κ2) is 11.9. The van der Waals surface area contributed by atoms with Crippen molar-refractivity contribution in [3.8, 4) is 0 Å². The van der Waals surface area contributed by atoms with Crippen molar-refractivity contribution in [3.63, 3.8) is 0 Å². The predicted octanol–water partition coefficient (Wildman–Crippen LogP) is 3.13. The van der Waals surface area contributed by atoms with Crippen LogP contribution in [0.25, 0.3) is 0 Å². The Bertz CT molecular complexity index is 1150. The van der Waals surface area contributed by atoms with Gasteiger partial charge in [-0.2, -0.15) is 0 Å². The predicted molar refractivity (Wildman–Crippen MR) is 139 cm³/mol. The molecule has 198 valence electrons. The summed E-state index contributed by atoms with van der Waals surface area (Å²) in [5.74, 6) is -1.38. The van der Waals surface area contributed by atoms with Crippen molar-refractivity contribution < 1.29 is 24.0 Å². The first-order valence-corrected chi connectivity index (χ1v) is 12.2. The Balaban J connectivity index is 1.98. The molecule has 1 fully saturated rings. The lowest BCUT2D eigenvalue weighted by Gasteiger charge is -2.36. The Hall–Kier alpha value is -3.95. The van der Waals surface area contributed by atoms with Gasteiger partial charge in [0.2, 0.25) is 11.8 Å². The summed E-state index contributed by atoms with van der Waals surface area (Å²) in [7, 11) is 4.49. The van der Waals surface area contributed by atoms with E-state index in [9.17, 15) is 24.5 Å². The molecule has 1 saturated heterocycles. The summed E-state index contributed by atoms with van der Waals surface area (Å²) in [6.07, 6.45) is 1.30. The second-order valence-corrected chi connectivity index (χ2v) is 9.64. The number of amides is 2. The van der Waals surface area contributed by atoms with Gasteiger partial charge in [-0.3, -0.25) is 24.5 Å². The van der Waals surface area contributed by atoms with Crippen LogP contribution in [0.1, 0.15) is 37.3 Å². The highest BCUT2D eigenvalue weighted by atomic mass is 16.6. The quantitative estimate of drug-likeness (QED) is 0.209. The smallest absolute Gasteiger partial charge is 0.315 e. The number of hydrogen-bond acceptors (Lipinski definition) is 7. The number of carbonyl (C=O) groups is 3. The van der Waals surface area contributed by atoms with E-state index in [0.29, 0.717) is 30.9 Å². The molecule has 0 radical (unpaired) electrons. The highest BCUT2D eigenvalue weighted by Gasteiger charge is 2.42. The maximum atomic E-state index is 13.8. The first kappa shape index (κ1) is 27.6. The third kappa shape index (κ3) is 6.44. The molecule has 0 aliphatic carbocycles. The monoisotopic (exact) mass is 510 g/mol. The van der Waals surface area contributed by atoms with Crippen LogP contribution >= 0.6 is 0 Å². The second-order valence-electron chi connectivity index (χ2n) is 9.64. The van der Waals surface area contributed by atoms with Crippen molar-refractivity contribution in [2.24, 2.45) is 0 Å². The number of rotatable bonds is 10. The zero-order valence-corrected chi connectivity index (χ0v) is 21.8. The van der Waals surface area contributed by atoms with Crippen LogP contribution in [0, 0.1) is 10.1 Å². The number of nitrogens with zero attached hydrogens (tertiary/aromatic N) is 4. The van der Waals surface area contributed by atoms with Gasteiger partial charge in [-0.25, -0.2) is 0 Å². The molecule has 0 spiro atoms. The Kier molecular flexibility index (Phi) is 8.86. The lowest BCUT2D eigenvalue weighted by molar-refractivity contribution is -0.384. The van der Waals surface area contributed by atoms with Crippen molar-refractivity contribution in [1.82, 2.24) is 9.80 Å². The number of methoxy groups -OCH3 is 1. The molecule has 1 unspecified atom stereocenters. The summed E-state index contributed by atoms with van der Waals surface area (Å²) in [4.78, 5) is 54.6. The fourth-order valence-electron chi connectivity index (χ4n) is 4.72. The van der Waals surface area contributed by atoms with Gasteiger partial charge in [0.1, 0.15) is 12.1 Å². The normalized spacial score (nSPS) is 14.5. The molecule has 2 aromatic rings. The molecule has 2 amide bonds. The molecule has 0 bridgehead atoms. The molecule has 1 atom stereocenters. The molecule has 0 saturated carbocycles. The van der Waals surface area contributed by atoms with Crippen LogP contribution in [0.4, 0.5) is 11.4 Å². The molecular formula is C27H34N4O6. The van der Waals surface area contributed by atoms with Gasteiger partial charge in [-0.05, 0) is 37.0 Å². The van der Waals surface area contributed by atoms with Crippen molar-refractivity contribution in [2.75, 3.05) is 45.7 Å². The Morgan fingerprint density at radius 2 is 1.73 bits per heavy atom. The van der Waals surface area contributed by atoms with Crippen molar-refractivity contribution >= 4 is 29.2 Å². The highest BCUT2D eigenvalue weighted by Crippen LogP contribution is 2.36. The van der Waals surface area contributed by atoms with Gasteiger partial charge in [0.15, 0.2) is 0 Å². The molecule has 0 aromatic heterocycles. The van der Waals surface area contributed by atoms with E-state index in [-0.39, 0.29) is 18.1 Å². The number of esters is 1. The Morgan fingerprint density at radius 3 is 2.32 bits per heavy atom. The van der Waals surface area contributed by atoms with Crippen molar-refractivity contribution in [2.45, 2.75) is 38.1 Å². The van der Waals surface area contributed by atoms with Gasteiger partial charge < -0.3 is 19.4 Å². The summed E-state index contributed by atoms with van der Waals surface area (Å²) in [6.45, 7) is 3.30. The van der Waals surface area contributed by atoms with E-state index in [4.69, 9.17) is 0 Å². The molecule has 3 rings (SSSR count). The minimum absolute atomic E-state index is 0.0471. The molecule has 1 aliphatic rings. The fourth-order valence-corrected chi connectivity index (χ4v) is 4.72. The summed E-state index contributed by atoms with van der Waals surface area (Å²) in [6, 6.07) is 14.4. The molecule has 0 N–H and O–H groups in total. The van der Waals surface area contributed by atoms with E-state index in [2.05, 4.69) is 4.74 Å². The number of hydrogen-bond donors (Lipinski definition) is 0. The van der Waals surface area contributed by atoms with Crippen LogP contribution in [0.5, 0.6) is 0 Å². The highest BCUT2D eigenvalue weighted by molar-refractivity contribution is 5.95. The van der Waals surface area contributed by atoms with Crippen LogP contribution in [0.2, 0.25) is 0 Å². The SMILES string of the molecule is COC(=O)CC(=O)N(C)CC(C)(C(=O)N1CCCC1)c1ccc(N(C)Cc2ccccc2)c([N+](=O)[O-])c1. The van der Waals surface area contributed by atoms with Gasteiger partial charge in [0, 0.05) is 46.3 Å². The molecule has 10 heteroatoms. The van der Waals surface area contributed by atoms with Crippen LogP contribution in [-0.2, 0) is 31.1 Å². The van der Waals surface area contributed by atoms with Gasteiger partial charge in [0.25, 0.3) is 5.69 Å². The Labute approximate surface area is 216 Å². The van der Waals surface area contributed by atoms with Crippen LogP contribution in [-0.4, -0.2) is 73.3 Å². The minimum atomic E-state index is -1.26. The van der Waals surface area contributed by atoms with E-state index in [0.717, 1.165) is 18.4 Å². The van der Waals surface area contributed by atoms with Crippen molar-refractivity contribution in [3.05, 3.63) is 69.8 Å². The standard InChI is InChI=1S/C27H34N4O6/c1-27(26(34)30-14-8-9-15-30,19-29(3)24(32)17-25(33)37-4)21-12-13-22(23(16-21)31(35)36)28(2)18-20-10-6-5-7-11-20/h5-7,10-13,16H,8-9,14-15,17-19H2,1-4H3. The number of nitro benzene ring substituents is 1. The third-order valence-corrected chi connectivity index (χ3v) is 6.85. The summed E-state index contributed by atoms with van der Waals surface area (Å²) in [5, 5.41) is 12.1. The lowest BCUT2D eigenvalue weighted by Crippen LogP contribution is -2.51. The fraction of sp³-hybridized carbons (Fsp3) is 0.444. The minimum Gasteiger partial charge on any atom is -0.469 e. The van der Waals surface area contributed by atoms with E-state index >= 15 is 0 Å².